The predicted molar refractivity (Wildman–Crippen MR) is 71.9 cm³/mol. The summed E-state index contributed by atoms with van der Waals surface area (Å²) in [5, 5.41) is 9.00. The van der Waals surface area contributed by atoms with Gasteiger partial charge in [-0.2, -0.15) is 0 Å². The highest BCUT2D eigenvalue weighted by atomic mass is 16.5. The number of carbonyl (C=O) groups is 1. The predicted octanol–water partition coefficient (Wildman–Crippen LogP) is 2.10. The first-order valence-electron chi connectivity index (χ1n) is 5.91. The average Bonchev–Trinajstić information content (AvgIpc) is 2.91. The lowest BCUT2D eigenvalue weighted by Gasteiger charge is -2.05. The molecule has 0 aliphatic heterocycles. The van der Waals surface area contributed by atoms with Gasteiger partial charge in [0, 0.05) is 12.4 Å². The Kier molecular flexibility index (Phi) is 2.83. The second-order valence-electron chi connectivity index (χ2n) is 4.16. The van der Waals surface area contributed by atoms with Crippen LogP contribution >= 0.6 is 0 Å². The van der Waals surface area contributed by atoms with E-state index in [1.165, 1.54) is 6.20 Å². The smallest absolute Gasteiger partial charge is 0.356 e. The molecule has 0 amide bonds. The van der Waals surface area contributed by atoms with Crippen molar-refractivity contribution < 1.29 is 14.6 Å². The van der Waals surface area contributed by atoms with Crippen LogP contribution in [0.5, 0.6) is 5.75 Å². The van der Waals surface area contributed by atoms with Crippen LogP contribution in [0.15, 0.2) is 42.7 Å². The molecule has 0 aliphatic carbocycles. The van der Waals surface area contributed by atoms with Gasteiger partial charge in [0.15, 0.2) is 5.69 Å². The van der Waals surface area contributed by atoms with Crippen LogP contribution in [0.25, 0.3) is 17.0 Å². The minimum absolute atomic E-state index is 0.0292. The molecule has 100 valence electrons. The number of aromatic carboxylic acids is 1. The number of fused-ring (bicyclic) bond motifs is 1. The number of aromatic nitrogens is 3. The third-order valence-corrected chi connectivity index (χ3v) is 2.97. The molecule has 6 nitrogen and oxygen atoms in total. The third-order valence-electron chi connectivity index (χ3n) is 2.97. The first-order valence-corrected chi connectivity index (χ1v) is 5.91. The number of hydrogen-bond acceptors (Lipinski definition) is 4. The van der Waals surface area contributed by atoms with E-state index in [1.54, 1.807) is 17.7 Å². The van der Waals surface area contributed by atoms with Gasteiger partial charge in [-0.25, -0.2) is 14.8 Å². The van der Waals surface area contributed by atoms with E-state index in [4.69, 9.17) is 9.84 Å². The van der Waals surface area contributed by atoms with Gasteiger partial charge in [-0.05, 0) is 35.9 Å². The van der Waals surface area contributed by atoms with Crippen LogP contribution < -0.4 is 4.74 Å². The molecule has 0 radical (unpaired) electrons. The molecule has 0 atom stereocenters. The molecular formula is C14H11N3O3. The van der Waals surface area contributed by atoms with Crippen LogP contribution in [0.1, 0.15) is 10.5 Å². The second kappa shape index (κ2) is 4.65. The van der Waals surface area contributed by atoms with Crippen molar-refractivity contribution in [3.05, 3.63) is 48.4 Å². The van der Waals surface area contributed by atoms with Crippen molar-refractivity contribution >= 4 is 11.7 Å². The fraction of sp³-hybridized carbons (Fsp3) is 0.0714. The van der Waals surface area contributed by atoms with Crippen molar-refractivity contribution in [3.8, 4) is 17.0 Å². The number of rotatable bonds is 3. The summed E-state index contributed by atoms with van der Waals surface area (Å²) >= 11 is 0. The molecule has 0 bridgehead atoms. The van der Waals surface area contributed by atoms with Gasteiger partial charge in [0.05, 0.1) is 12.8 Å². The Balaban J connectivity index is 2.16. The SMILES string of the molecule is COc1ccc(-c2ccnc3nc(C(=O)O)cn23)cc1. The summed E-state index contributed by atoms with van der Waals surface area (Å²) < 4.78 is 6.78. The Labute approximate surface area is 114 Å². The minimum atomic E-state index is -1.07. The van der Waals surface area contributed by atoms with Crippen molar-refractivity contribution in [1.82, 2.24) is 14.4 Å². The lowest BCUT2D eigenvalue weighted by Crippen LogP contribution is -1.95. The lowest BCUT2D eigenvalue weighted by atomic mass is 10.1. The van der Waals surface area contributed by atoms with Crippen molar-refractivity contribution in [2.24, 2.45) is 0 Å². The summed E-state index contributed by atoms with van der Waals surface area (Å²) in [4.78, 5) is 19.0. The third kappa shape index (κ3) is 1.97. The quantitative estimate of drug-likeness (QED) is 0.788. The zero-order valence-corrected chi connectivity index (χ0v) is 10.6. The number of nitrogens with zero attached hydrogens (tertiary/aromatic N) is 3. The van der Waals surface area contributed by atoms with Gasteiger partial charge in [-0.3, -0.25) is 4.40 Å². The monoisotopic (exact) mass is 269 g/mol. The number of carboxylic acid groups (broad SMARTS) is 1. The van der Waals surface area contributed by atoms with E-state index < -0.39 is 5.97 Å². The Bertz CT molecular complexity index is 778. The van der Waals surface area contributed by atoms with Gasteiger partial charge in [0.1, 0.15) is 5.75 Å². The molecule has 0 saturated carbocycles. The molecule has 1 aromatic carbocycles. The molecule has 2 heterocycles. The van der Waals surface area contributed by atoms with Crippen LogP contribution in [-0.2, 0) is 0 Å². The first kappa shape index (κ1) is 12.2. The van der Waals surface area contributed by atoms with Gasteiger partial charge in [0.25, 0.3) is 0 Å². The molecule has 0 spiro atoms. The maximum absolute atomic E-state index is 11.0. The number of imidazole rings is 1. The van der Waals surface area contributed by atoms with Crippen LogP contribution in [0, 0.1) is 0 Å². The van der Waals surface area contributed by atoms with Gasteiger partial charge in [0.2, 0.25) is 5.78 Å². The molecule has 3 aromatic rings. The van der Waals surface area contributed by atoms with Gasteiger partial charge in [-0.1, -0.05) is 0 Å². The Hall–Kier alpha value is -2.89. The standard InChI is InChI=1S/C14H11N3O3/c1-20-10-4-2-9(3-5-10)12-6-7-15-14-16-11(13(18)19)8-17(12)14/h2-8H,1H3,(H,18,19). The summed E-state index contributed by atoms with van der Waals surface area (Å²) in [6.45, 7) is 0. The number of carboxylic acids is 1. The van der Waals surface area contributed by atoms with E-state index in [0.29, 0.717) is 5.78 Å². The highest BCUT2D eigenvalue weighted by molar-refractivity contribution is 5.86. The molecule has 0 fully saturated rings. The molecular weight excluding hydrogens is 258 g/mol. The molecule has 20 heavy (non-hydrogen) atoms. The molecule has 0 saturated heterocycles. The molecule has 3 rings (SSSR count). The van der Waals surface area contributed by atoms with E-state index in [2.05, 4.69) is 9.97 Å². The highest BCUT2D eigenvalue weighted by Crippen LogP contribution is 2.22. The molecule has 0 aliphatic rings. The van der Waals surface area contributed by atoms with Crippen LogP contribution in [-0.4, -0.2) is 32.6 Å². The zero-order chi connectivity index (χ0) is 14.1. The number of methoxy groups -OCH3 is 1. The van der Waals surface area contributed by atoms with Crippen molar-refractivity contribution in [2.45, 2.75) is 0 Å². The second-order valence-corrected chi connectivity index (χ2v) is 4.16. The highest BCUT2D eigenvalue weighted by Gasteiger charge is 2.12. The average molecular weight is 269 g/mol. The maximum Gasteiger partial charge on any atom is 0.356 e. The molecule has 6 heteroatoms. The molecule has 1 N–H and O–H groups in total. The summed E-state index contributed by atoms with van der Waals surface area (Å²) in [6, 6.07) is 9.29. The van der Waals surface area contributed by atoms with Gasteiger partial charge in [-0.15, -0.1) is 0 Å². The fourth-order valence-corrected chi connectivity index (χ4v) is 1.99. The summed E-state index contributed by atoms with van der Waals surface area (Å²) in [5.41, 5.74) is 1.71. The number of ether oxygens (including phenoxy) is 1. The van der Waals surface area contributed by atoms with Crippen LogP contribution in [0.2, 0.25) is 0 Å². The topological polar surface area (TPSA) is 76.7 Å². The number of hydrogen-bond donors (Lipinski definition) is 1. The lowest BCUT2D eigenvalue weighted by molar-refractivity contribution is 0.0691. The van der Waals surface area contributed by atoms with E-state index in [1.807, 2.05) is 30.3 Å². The summed E-state index contributed by atoms with van der Waals surface area (Å²) in [5.74, 6) is 0.0443. The van der Waals surface area contributed by atoms with Crippen molar-refractivity contribution in [1.29, 1.82) is 0 Å². The molecule has 0 unspecified atom stereocenters. The normalized spacial score (nSPS) is 10.7. The first-order chi connectivity index (χ1) is 9.69. The van der Waals surface area contributed by atoms with Crippen LogP contribution in [0.3, 0.4) is 0 Å². The van der Waals surface area contributed by atoms with Crippen molar-refractivity contribution in [3.63, 3.8) is 0 Å². The molecule has 2 aromatic heterocycles. The minimum Gasteiger partial charge on any atom is -0.497 e. The largest absolute Gasteiger partial charge is 0.497 e. The van der Waals surface area contributed by atoms with Crippen molar-refractivity contribution in [2.75, 3.05) is 7.11 Å². The Morgan fingerprint density at radius 1 is 1.25 bits per heavy atom. The summed E-state index contributed by atoms with van der Waals surface area (Å²) in [7, 11) is 1.61. The summed E-state index contributed by atoms with van der Waals surface area (Å²) in [6.07, 6.45) is 3.07. The van der Waals surface area contributed by atoms with Gasteiger partial charge >= 0.3 is 5.97 Å². The maximum atomic E-state index is 11.0. The van der Waals surface area contributed by atoms with E-state index >= 15 is 0 Å². The zero-order valence-electron chi connectivity index (χ0n) is 10.6. The van der Waals surface area contributed by atoms with E-state index in [9.17, 15) is 4.79 Å². The van der Waals surface area contributed by atoms with E-state index in [0.717, 1.165) is 17.0 Å². The van der Waals surface area contributed by atoms with E-state index in [-0.39, 0.29) is 5.69 Å². The van der Waals surface area contributed by atoms with Gasteiger partial charge < -0.3 is 9.84 Å². The van der Waals surface area contributed by atoms with Crippen LogP contribution in [0.4, 0.5) is 0 Å². The number of benzene rings is 1. The Morgan fingerprint density at radius 3 is 2.65 bits per heavy atom. The Morgan fingerprint density at radius 2 is 2.00 bits per heavy atom. The fourth-order valence-electron chi connectivity index (χ4n) is 1.99.